The van der Waals surface area contributed by atoms with Gasteiger partial charge < -0.3 is 11.1 Å². The van der Waals surface area contributed by atoms with Crippen LogP contribution in [0.2, 0.25) is 0 Å². The highest BCUT2D eigenvalue weighted by molar-refractivity contribution is 5.86. The number of Topliss-reactive ketones (excluding diaryl/α,β-unsaturated/α-hetero) is 1. The first-order chi connectivity index (χ1) is 4.57. The molecule has 10 heavy (non-hydrogen) atoms. The van der Waals surface area contributed by atoms with Crippen molar-refractivity contribution in [2.45, 2.75) is 19.9 Å². The standard InChI is InChI=1S/C6H12N2O2/c1-4(9)6(3-7)8-5(2)10/h6H,3,7H2,1-2H3,(H,8,10). The number of carbonyl (C=O) groups is 2. The minimum atomic E-state index is -0.516. The molecule has 0 aromatic rings. The fourth-order valence-electron chi connectivity index (χ4n) is 0.572. The highest BCUT2D eigenvalue weighted by Gasteiger charge is 2.11. The molecule has 3 N–H and O–H groups in total. The molecule has 0 bridgehead atoms. The van der Waals surface area contributed by atoms with Gasteiger partial charge >= 0.3 is 0 Å². The molecule has 0 saturated carbocycles. The fraction of sp³-hybridized carbons (Fsp3) is 0.667. The Morgan fingerprint density at radius 2 is 2.00 bits per heavy atom. The third-order valence-corrected chi connectivity index (χ3v) is 1.10. The Morgan fingerprint density at radius 3 is 2.10 bits per heavy atom. The van der Waals surface area contributed by atoms with E-state index in [1.54, 1.807) is 0 Å². The molecule has 0 aliphatic carbocycles. The molecular formula is C6H12N2O2. The lowest BCUT2D eigenvalue weighted by Crippen LogP contribution is -2.43. The lowest BCUT2D eigenvalue weighted by Gasteiger charge is -2.10. The van der Waals surface area contributed by atoms with Gasteiger partial charge in [0.25, 0.3) is 0 Å². The lowest BCUT2D eigenvalue weighted by molar-refractivity contribution is -0.125. The van der Waals surface area contributed by atoms with E-state index in [9.17, 15) is 9.59 Å². The van der Waals surface area contributed by atoms with E-state index in [2.05, 4.69) is 5.32 Å². The van der Waals surface area contributed by atoms with Gasteiger partial charge in [0.2, 0.25) is 5.91 Å². The summed E-state index contributed by atoms with van der Waals surface area (Å²) in [5.74, 6) is -0.344. The summed E-state index contributed by atoms with van der Waals surface area (Å²) in [6.07, 6.45) is 0. The van der Waals surface area contributed by atoms with Crippen molar-refractivity contribution in [3.63, 3.8) is 0 Å². The number of amides is 1. The molecule has 0 spiro atoms. The predicted octanol–water partition coefficient (Wildman–Crippen LogP) is -0.961. The van der Waals surface area contributed by atoms with Crippen molar-refractivity contribution in [3.8, 4) is 0 Å². The SMILES string of the molecule is CC(=O)NC(CN)C(C)=O. The number of hydrogen-bond acceptors (Lipinski definition) is 3. The average molecular weight is 144 g/mol. The normalized spacial score (nSPS) is 12.3. The van der Waals surface area contributed by atoms with Crippen molar-refractivity contribution in [1.82, 2.24) is 5.32 Å². The first kappa shape index (κ1) is 9.10. The van der Waals surface area contributed by atoms with Crippen LogP contribution in [-0.4, -0.2) is 24.3 Å². The highest BCUT2D eigenvalue weighted by Crippen LogP contribution is 1.81. The molecule has 0 aromatic carbocycles. The minimum absolute atomic E-state index is 0.113. The summed E-state index contributed by atoms with van der Waals surface area (Å²) in [5.41, 5.74) is 5.19. The topological polar surface area (TPSA) is 72.2 Å². The van der Waals surface area contributed by atoms with Gasteiger partial charge in [0.1, 0.15) is 0 Å². The number of carbonyl (C=O) groups excluding carboxylic acids is 2. The molecule has 0 rings (SSSR count). The molecule has 4 heteroatoms. The third-order valence-electron chi connectivity index (χ3n) is 1.10. The largest absolute Gasteiger partial charge is 0.345 e. The van der Waals surface area contributed by atoms with Crippen molar-refractivity contribution < 1.29 is 9.59 Å². The van der Waals surface area contributed by atoms with Gasteiger partial charge in [0.05, 0.1) is 6.04 Å². The van der Waals surface area contributed by atoms with Crippen LogP contribution in [0, 0.1) is 0 Å². The quantitative estimate of drug-likeness (QED) is 0.535. The number of ketones is 1. The summed E-state index contributed by atoms with van der Waals surface area (Å²) >= 11 is 0. The lowest BCUT2D eigenvalue weighted by atomic mass is 10.2. The van der Waals surface area contributed by atoms with Crippen LogP contribution in [0.5, 0.6) is 0 Å². The van der Waals surface area contributed by atoms with Gasteiger partial charge in [-0.15, -0.1) is 0 Å². The Hall–Kier alpha value is -0.900. The van der Waals surface area contributed by atoms with Crippen LogP contribution in [0.3, 0.4) is 0 Å². The summed E-state index contributed by atoms with van der Waals surface area (Å²) in [4.78, 5) is 21.0. The Labute approximate surface area is 59.8 Å². The number of nitrogens with one attached hydrogen (secondary N) is 1. The van der Waals surface area contributed by atoms with E-state index in [1.807, 2.05) is 0 Å². The fourth-order valence-corrected chi connectivity index (χ4v) is 0.572. The Bertz CT molecular complexity index is 145. The second-order valence-electron chi connectivity index (χ2n) is 2.10. The molecular weight excluding hydrogens is 132 g/mol. The van der Waals surface area contributed by atoms with Crippen LogP contribution in [0.15, 0.2) is 0 Å². The number of nitrogens with two attached hydrogens (primary N) is 1. The van der Waals surface area contributed by atoms with Gasteiger partial charge in [0, 0.05) is 13.5 Å². The van der Waals surface area contributed by atoms with E-state index in [0.717, 1.165) is 0 Å². The molecule has 1 amide bonds. The van der Waals surface area contributed by atoms with Crippen molar-refractivity contribution in [1.29, 1.82) is 0 Å². The molecule has 0 radical (unpaired) electrons. The molecule has 1 atom stereocenters. The van der Waals surface area contributed by atoms with Crippen LogP contribution in [-0.2, 0) is 9.59 Å². The molecule has 0 aliphatic heterocycles. The molecule has 0 aliphatic rings. The van der Waals surface area contributed by atoms with Gasteiger partial charge in [-0.25, -0.2) is 0 Å². The maximum Gasteiger partial charge on any atom is 0.217 e. The predicted molar refractivity (Wildman–Crippen MR) is 37.3 cm³/mol. The second kappa shape index (κ2) is 4.00. The molecule has 58 valence electrons. The van der Waals surface area contributed by atoms with E-state index in [0.29, 0.717) is 0 Å². The van der Waals surface area contributed by atoms with Crippen molar-refractivity contribution >= 4 is 11.7 Å². The monoisotopic (exact) mass is 144 g/mol. The van der Waals surface area contributed by atoms with Crippen LogP contribution in [0.1, 0.15) is 13.8 Å². The molecule has 1 unspecified atom stereocenters. The Morgan fingerprint density at radius 1 is 1.50 bits per heavy atom. The highest BCUT2D eigenvalue weighted by atomic mass is 16.2. The molecule has 0 saturated heterocycles. The van der Waals surface area contributed by atoms with Crippen molar-refractivity contribution in [2.75, 3.05) is 6.54 Å². The number of rotatable bonds is 3. The summed E-state index contributed by atoms with van der Waals surface area (Å²) in [7, 11) is 0. The van der Waals surface area contributed by atoms with Gasteiger partial charge in [0.15, 0.2) is 5.78 Å². The van der Waals surface area contributed by atoms with Gasteiger partial charge in [-0.05, 0) is 6.92 Å². The summed E-state index contributed by atoms with van der Waals surface area (Å²) in [5, 5.41) is 2.42. The van der Waals surface area contributed by atoms with Gasteiger partial charge in [-0.3, -0.25) is 9.59 Å². The zero-order valence-electron chi connectivity index (χ0n) is 6.18. The van der Waals surface area contributed by atoms with Crippen LogP contribution in [0.25, 0.3) is 0 Å². The van der Waals surface area contributed by atoms with E-state index in [4.69, 9.17) is 5.73 Å². The zero-order chi connectivity index (χ0) is 8.15. The van der Waals surface area contributed by atoms with Crippen molar-refractivity contribution in [3.05, 3.63) is 0 Å². The maximum absolute atomic E-state index is 10.6. The van der Waals surface area contributed by atoms with Crippen LogP contribution >= 0.6 is 0 Å². The third kappa shape index (κ3) is 3.19. The van der Waals surface area contributed by atoms with Crippen LogP contribution < -0.4 is 11.1 Å². The van der Waals surface area contributed by atoms with E-state index < -0.39 is 6.04 Å². The first-order valence-electron chi connectivity index (χ1n) is 3.05. The molecule has 4 nitrogen and oxygen atoms in total. The summed E-state index contributed by atoms with van der Waals surface area (Å²) in [6.45, 7) is 2.91. The molecule has 0 aromatic heterocycles. The van der Waals surface area contributed by atoms with E-state index in [-0.39, 0.29) is 18.2 Å². The van der Waals surface area contributed by atoms with Gasteiger partial charge in [-0.2, -0.15) is 0 Å². The Balaban J connectivity index is 3.83. The maximum atomic E-state index is 10.6. The number of hydrogen-bond donors (Lipinski definition) is 2. The van der Waals surface area contributed by atoms with Crippen molar-refractivity contribution in [2.24, 2.45) is 5.73 Å². The van der Waals surface area contributed by atoms with Gasteiger partial charge in [-0.1, -0.05) is 0 Å². The smallest absolute Gasteiger partial charge is 0.217 e. The molecule has 0 heterocycles. The van der Waals surface area contributed by atoms with E-state index >= 15 is 0 Å². The Kier molecular flexibility index (Phi) is 3.64. The minimum Gasteiger partial charge on any atom is -0.345 e. The first-order valence-corrected chi connectivity index (χ1v) is 3.05. The van der Waals surface area contributed by atoms with E-state index in [1.165, 1.54) is 13.8 Å². The molecule has 0 fully saturated rings. The summed E-state index contributed by atoms with van der Waals surface area (Å²) < 4.78 is 0. The zero-order valence-corrected chi connectivity index (χ0v) is 6.18. The van der Waals surface area contributed by atoms with Crippen LogP contribution in [0.4, 0.5) is 0 Å². The average Bonchev–Trinajstić information content (AvgIpc) is 1.81. The summed E-state index contributed by atoms with van der Waals surface area (Å²) in [6, 6.07) is -0.516. The second-order valence-corrected chi connectivity index (χ2v) is 2.10.